The number of fused-ring (bicyclic) bond motifs is 1. The van der Waals surface area contributed by atoms with Gasteiger partial charge in [0.2, 0.25) is 0 Å². The van der Waals surface area contributed by atoms with Crippen molar-refractivity contribution in [3.8, 4) is 0 Å². The highest BCUT2D eigenvalue weighted by Crippen LogP contribution is 2.22. The summed E-state index contributed by atoms with van der Waals surface area (Å²) in [4.78, 5) is 4.48. The third-order valence-corrected chi connectivity index (χ3v) is 2.81. The van der Waals surface area contributed by atoms with E-state index < -0.39 is 0 Å². The van der Waals surface area contributed by atoms with Crippen LogP contribution < -0.4 is 0 Å². The molecule has 0 aliphatic rings. The highest BCUT2D eigenvalue weighted by atomic mass is 15.0. The zero-order chi connectivity index (χ0) is 11.0. The van der Waals surface area contributed by atoms with Gasteiger partial charge in [-0.3, -0.25) is 4.98 Å². The van der Waals surface area contributed by atoms with Crippen molar-refractivity contribution in [2.75, 3.05) is 0 Å². The summed E-state index contributed by atoms with van der Waals surface area (Å²) in [6.07, 6.45) is 4.10. The van der Waals surface area contributed by atoms with Crippen LogP contribution in [0.5, 0.6) is 0 Å². The van der Waals surface area contributed by atoms with Crippen LogP contribution in [-0.2, 0) is 0 Å². The lowest BCUT2D eigenvalue weighted by Gasteiger charge is -2.10. The predicted octanol–water partition coefficient (Wildman–Crippen LogP) is 3.74. The molecule has 0 N–H and O–H groups in total. The van der Waals surface area contributed by atoms with Crippen LogP contribution in [0.2, 0.25) is 0 Å². The Morgan fingerprint density at radius 3 is 2.53 bits per heavy atom. The number of pyridine rings is 1. The maximum atomic E-state index is 4.48. The van der Waals surface area contributed by atoms with Gasteiger partial charge in [0, 0.05) is 18.4 Å². The van der Waals surface area contributed by atoms with E-state index in [1.807, 2.05) is 6.20 Å². The van der Waals surface area contributed by atoms with Gasteiger partial charge >= 0.3 is 0 Å². The molecule has 0 saturated carbocycles. The molecule has 0 aromatic carbocycles. The zero-order valence-corrected chi connectivity index (χ0v) is 9.86. The summed E-state index contributed by atoms with van der Waals surface area (Å²) in [5, 5.41) is 0. The lowest BCUT2D eigenvalue weighted by molar-refractivity contribution is 0.622. The molecule has 2 nitrogen and oxygen atoms in total. The fourth-order valence-electron chi connectivity index (χ4n) is 1.81. The second-order valence-electron chi connectivity index (χ2n) is 4.64. The lowest BCUT2D eigenvalue weighted by atomic mass is 10.1. The SMILES string of the molecule is CC(C)c1cnc2ccn(C(C)C)c2c1. The van der Waals surface area contributed by atoms with E-state index in [0.717, 1.165) is 5.52 Å². The van der Waals surface area contributed by atoms with Gasteiger partial charge in [-0.25, -0.2) is 0 Å². The maximum Gasteiger partial charge on any atom is 0.0881 e. The van der Waals surface area contributed by atoms with Crippen molar-refractivity contribution >= 4 is 11.0 Å². The van der Waals surface area contributed by atoms with Gasteiger partial charge in [0.15, 0.2) is 0 Å². The molecule has 2 heterocycles. The smallest absolute Gasteiger partial charge is 0.0881 e. The fourth-order valence-corrected chi connectivity index (χ4v) is 1.81. The van der Waals surface area contributed by atoms with Gasteiger partial charge in [-0.1, -0.05) is 13.8 Å². The van der Waals surface area contributed by atoms with Crippen LogP contribution >= 0.6 is 0 Å². The summed E-state index contributed by atoms with van der Waals surface area (Å²) in [6.45, 7) is 8.79. The molecule has 0 aliphatic carbocycles. The van der Waals surface area contributed by atoms with Crippen LogP contribution in [0.3, 0.4) is 0 Å². The third kappa shape index (κ3) is 1.76. The zero-order valence-electron chi connectivity index (χ0n) is 9.86. The molecule has 0 saturated heterocycles. The topological polar surface area (TPSA) is 17.8 Å². The van der Waals surface area contributed by atoms with E-state index in [9.17, 15) is 0 Å². The van der Waals surface area contributed by atoms with Gasteiger partial charge in [0.25, 0.3) is 0 Å². The standard InChI is InChI=1S/C13H18N2/c1-9(2)11-7-13-12(14-8-11)5-6-15(13)10(3)4/h5-10H,1-4H3. The van der Waals surface area contributed by atoms with Crippen molar-refractivity contribution < 1.29 is 0 Å². The molecule has 0 fully saturated rings. The number of rotatable bonds is 2. The van der Waals surface area contributed by atoms with Crippen LogP contribution in [-0.4, -0.2) is 9.55 Å². The molecule has 2 aromatic rings. The number of hydrogen-bond acceptors (Lipinski definition) is 1. The van der Waals surface area contributed by atoms with E-state index in [1.165, 1.54) is 11.1 Å². The summed E-state index contributed by atoms with van der Waals surface area (Å²) in [6, 6.07) is 4.83. The monoisotopic (exact) mass is 202 g/mol. The molecule has 0 bridgehead atoms. The van der Waals surface area contributed by atoms with Gasteiger partial charge in [-0.15, -0.1) is 0 Å². The first-order chi connectivity index (χ1) is 7.09. The number of nitrogens with zero attached hydrogens (tertiary/aromatic N) is 2. The van der Waals surface area contributed by atoms with Gasteiger partial charge in [-0.05, 0) is 37.5 Å². The summed E-state index contributed by atoms with van der Waals surface area (Å²) >= 11 is 0. The molecule has 0 spiro atoms. The molecule has 0 atom stereocenters. The minimum absolute atomic E-state index is 0.492. The molecule has 0 unspecified atom stereocenters. The predicted molar refractivity (Wildman–Crippen MR) is 64.2 cm³/mol. The molecule has 15 heavy (non-hydrogen) atoms. The van der Waals surface area contributed by atoms with Crippen LogP contribution in [0.15, 0.2) is 24.5 Å². The Morgan fingerprint density at radius 2 is 1.93 bits per heavy atom. The molecular formula is C13H18N2. The molecule has 2 aromatic heterocycles. The first-order valence-corrected chi connectivity index (χ1v) is 5.56. The Kier molecular flexibility index (Phi) is 2.51. The van der Waals surface area contributed by atoms with E-state index >= 15 is 0 Å². The Bertz CT molecular complexity index is 466. The maximum absolute atomic E-state index is 4.48. The van der Waals surface area contributed by atoms with Crippen LogP contribution in [0, 0.1) is 0 Å². The van der Waals surface area contributed by atoms with Crippen molar-refractivity contribution in [3.63, 3.8) is 0 Å². The van der Waals surface area contributed by atoms with Crippen molar-refractivity contribution in [2.24, 2.45) is 0 Å². The quantitative estimate of drug-likeness (QED) is 0.725. The molecule has 2 heteroatoms. The number of aromatic nitrogens is 2. The lowest BCUT2D eigenvalue weighted by Crippen LogP contribution is -1.99. The van der Waals surface area contributed by atoms with Gasteiger partial charge in [-0.2, -0.15) is 0 Å². The first-order valence-electron chi connectivity index (χ1n) is 5.56. The minimum Gasteiger partial charge on any atom is -0.344 e. The van der Waals surface area contributed by atoms with Crippen LogP contribution in [0.25, 0.3) is 11.0 Å². The summed E-state index contributed by atoms with van der Waals surface area (Å²) in [5.41, 5.74) is 3.65. The largest absolute Gasteiger partial charge is 0.344 e. The molecule has 80 valence electrons. The van der Waals surface area contributed by atoms with Crippen molar-refractivity contribution in [3.05, 3.63) is 30.1 Å². The minimum atomic E-state index is 0.492. The summed E-state index contributed by atoms with van der Waals surface area (Å²) < 4.78 is 2.27. The van der Waals surface area contributed by atoms with E-state index in [-0.39, 0.29) is 0 Å². The van der Waals surface area contributed by atoms with Crippen molar-refractivity contribution in [1.29, 1.82) is 0 Å². The Balaban J connectivity index is 2.61. The van der Waals surface area contributed by atoms with Crippen LogP contribution in [0.1, 0.15) is 45.2 Å². The fraction of sp³-hybridized carbons (Fsp3) is 0.462. The third-order valence-electron chi connectivity index (χ3n) is 2.81. The molecule has 0 amide bonds. The Hall–Kier alpha value is -1.31. The average Bonchev–Trinajstić information content (AvgIpc) is 2.59. The van der Waals surface area contributed by atoms with E-state index in [0.29, 0.717) is 12.0 Å². The molecule has 2 rings (SSSR count). The van der Waals surface area contributed by atoms with E-state index in [2.05, 4.69) is 55.6 Å². The average molecular weight is 202 g/mol. The number of hydrogen-bond donors (Lipinski definition) is 0. The highest BCUT2D eigenvalue weighted by molar-refractivity contribution is 5.76. The Labute approximate surface area is 90.9 Å². The first kappa shape index (κ1) is 10.2. The second-order valence-corrected chi connectivity index (χ2v) is 4.64. The Morgan fingerprint density at radius 1 is 1.20 bits per heavy atom. The van der Waals surface area contributed by atoms with Gasteiger partial charge in [0.1, 0.15) is 0 Å². The van der Waals surface area contributed by atoms with E-state index in [4.69, 9.17) is 0 Å². The van der Waals surface area contributed by atoms with Gasteiger partial charge < -0.3 is 4.57 Å². The summed E-state index contributed by atoms with van der Waals surface area (Å²) in [7, 11) is 0. The summed E-state index contributed by atoms with van der Waals surface area (Å²) in [5.74, 6) is 0.539. The van der Waals surface area contributed by atoms with Crippen molar-refractivity contribution in [2.45, 2.75) is 39.7 Å². The molecule has 0 aliphatic heterocycles. The molecular weight excluding hydrogens is 184 g/mol. The second kappa shape index (κ2) is 3.69. The van der Waals surface area contributed by atoms with E-state index in [1.54, 1.807) is 0 Å². The van der Waals surface area contributed by atoms with Crippen molar-refractivity contribution in [1.82, 2.24) is 9.55 Å². The van der Waals surface area contributed by atoms with Crippen LogP contribution in [0.4, 0.5) is 0 Å². The van der Waals surface area contributed by atoms with Gasteiger partial charge in [0.05, 0.1) is 11.0 Å². The highest BCUT2D eigenvalue weighted by Gasteiger charge is 2.07. The molecule has 0 radical (unpaired) electrons. The normalized spacial score (nSPS) is 11.9.